The number of nitrogens with one attached hydrogen (secondary N) is 1. The lowest BCUT2D eigenvalue weighted by Crippen LogP contribution is -2.41. The maximum atomic E-state index is 13.1. The number of carbonyl (C=O) groups excluding carboxylic acids is 4. The van der Waals surface area contributed by atoms with Crippen molar-refractivity contribution < 1.29 is 23.9 Å². The quantitative estimate of drug-likeness (QED) is 0.418. The first kappa shape index (κ1) is 22.3. The number of ketones is 1. The van der Waals surface area contributed by atoms with Crippen molar-refractivity contribution in [1.29, 1.82) is 0 Å². The monoisotopic (exact) mass is 425 g/mol. The summed E-state index contributed by atoms with van der Waals surface area (Å²) in [7, 11) is 1.33. The predicted octanol–water partition coefficient (Wildman–Crippen LogP) is 2.63. The van der Waals surface area contributed by atoms with Gasteiger partial charge in [-0.05, 0) is 39.3 Å². The fourth-order valence-electron chi connectivity index (χ4n) is 3.88. The molecular weight excluding hydrogens is 398 g/mol. The van der Waals surface area contributed by atoms with E-state index in [0.29, 0.717) is 23.4 Å². The fourth-order valence-corrected chi connectivity index (χ4v) is 3.88. The molecule has 0 radical (unpaired) electrons. The van der Waals surface area contributed by atoms with E-state index in [1.54, 1.807) is 32.0 Å². The normalized spacial score (nSPS) is 18.3. The number of ether oxygens (including phenoxy) is 1. The zero-order valence-corrected chi connectivity index (χ0v) is 18.4. The standard InChI is InChI=1S/C23H27N3O5/c1-14-6-8-17(9-7-14)23(4)21(29)26(22(30)24-23)13-19(27)18-12-15(2)25(16(18)3)11-10-20(28)31-5/h6-9,12H,10-11,13H2,1-5H3,(H,24,30)/t23-/m1/s1. The van der Waals surface area contributed by atoms with Crippen LogP contribution in [0.4, 0.5) is 4.79 Å². The Morgan fingerprint density at radius 1 is 1.10 bits per heavy atom. The van der Waals surface area contributed by atoms with Gasteiger partial charge in [-0.3, -0.25) is 19.3 Å². The highest BCUT2D eigenvalue weighted by atomic mass is 16.5. The van der Waals surface area contributed by atoms with Gasteiger partial charge in [0.05, 0.1) is 20.1 Å². The Hall–Kier alpha value is -3.42. The molecule has 0 unspecified atom stereocenters. The van der Waals surface area contributed by atoms with Gasteiger partial charge >= 0.3 is 12.0 Å². The molecule has 2 aromatic rings. The third kappa shape index (κ3) is 4.10. The van der Waals surface area contributed by atoms with Crippen LogP contribution in [-0.2, 0) is 26.4 Å². The summed E-state index contributed by atoms with van der Waals surface area (Å²) in [5.41, 5.74) is 2.40. The number of esters is 1. The predicted molar refractivity (Wildman–Crippen MR) is 114 cm³/mol. The number of Topliss-reactive ketones (excluding diaryl/α,β-unsaturated/α-hetero) is 1. The number of carbonyl (C=O) groups is 4. The minimum Gasteiger partial charge on any atom is -0.469 e. The van der Waals surface area contributed by atoms with Crippen molar-refractivity contribution in [2.75, 3.05) is 13.7 Å². The van der Waals surface area contributed by atoms with Crippen LogP contribution < -0.4 is 5.32 Å². The van der Waals surface area contributed by atoms with Crippen LogP contribution in [0.1, 0.15) is 46.2 Å². The number of imide groups is 1. The molecule has 3 rings (SSSR count). The van der Waals surface area contributed by atoms with E-state index in [1.807, 2.05) is 30.5 Å². The van der Waals surface area contributed by atoms with Crippen molar-refractivity contribution in [3.8, 4) is 0 Å². The van der Waals surface area contributed by atoms with E-state index in [1.165, 1.54) is 7.11 Å². The van der Waals surface area contributed by atoms with Gasteiger partial charge in [-0.2, -0.15) is 0 Å². The summed E-state index contributed by atoms with van der Waals surface area (Å²) in [4.78, 5) is 51.1. The molecule has 8 heteroatoms. The maximum Gasteiger partial charge on any atom is 0.325 e. The molecule has 1 aliphatic rings. The molecule has 1 N–H and O–H groups in total. The Morgan fingerprint density at radius 2 is 1.74 bits per heavy atom. The first-order chi connectivity index (χ1) is 14.6. The number of amides is 3. The number of aryl methyl sites for hydroxylation is 2. The van der Waals surface area contributed by atoms with Gasteiger partial charge in [0.1, 0.15) is 5.54 Å². The SMILES string of the molecule is COC(=O)CCn1c(C)cc(C(=O)CN2C(=O)N[C@](C)(c3ccc(C)cc3)C2=O)c1C. The molecule has 1 aromatic carbocycles. The van der Waals surface area contributed by atoms with Gasteiger partial charge in [-0.25, -0.2) is 4.79 Å². The van der Waals surface area contributed by atoms with Gasteiger partial charge < -0.3 is 14.6 Å². The van der Waals surface area contributed by atoms with Crippen LogP contribution >= 0.6 is 0 Å². The van der Waals surface area contributed by atoms with Gasteiger partial charge in [0, 0.05) is 23.5 Å². The topological polar surface area (TPSA) is 97.7 Å². The van der Waals surface area contributed by atoms with E-state index < -0.39 is 17.5 Å². The smallest absolute Gasteiger partial charge is 0.325 e. The molecule has 2 heterocycles. The Kier molecular flexibility index (Phi) is 6.01. The second-order valence-corrected chi connectivity index (χ2v) is 8.00. The van der Waals surface area contributed by atoms with Crippen LogP contribution in [0, 0.1) is 20.8 Å². The van der Waals surface area contributed by atoms with Crippen LogP contribution in [0.25, 0.3) is 0 Å². The summed E-state index contributed by atoms with van der Waals surface area (Å²) in [5, 5.41) is 2.72. The Morgan fingerprint density at radius 3 is 2.35 bits per heavy atom. The molecule has 0 saturated carbocycles. The summed E-state index contributed by atoms with van der Waals surface area (Å²) < 4.78 is 6.53. The number of benzene rings is 1. The van der Waals surface area contributed by atoms with E-state index in [9.17, 15) is 19.2 Å². The summed E-state index contributed by atoms with van der Waals surface area (Å²) in [5.74, 6) is -1.14. The molecule has 3 amide bonds. The molecule has 0 aliphatic carbocycles. The van der Waals surface area contributed by atoms with E-state index >= 15 is 0 Å². The van der Waals surface area contributed by atoms with Crippen molar-refractivity contribution in [3.05, 3.63) is 58.4 Å². The zero-order valence-electron chi connectivity index (χ0n) is 18.4. The number of hydrogen-bond donors (Lipinski definition) is 1. The lowest BCUT2D eigenvalue weighted by atomic mass is 9.91. The van der Waals surface area contributed by atoms with E-state index in [-0.39, 0.29) is 24.7 Å². The highest BCUT2D eigenvalue weighted by molar-refractivity contribution is 6.11. The number of hydrogen-bond acceptors (Lipinski definition) is 5. The van der Waals surface area contributed by atoms with Crippen LogP contribution in [0.2, 0.25) is 0 Å². The summed E-state index contributed by atoms with van der Waals surface area (Å²) >= 11 is 0. The molecule has 1 atom stereocenters. The van der Waals surface area contributed by atoms with Crippen molar-refractivity contribution >= 4 is 23.7 Å². The van der Waals surface area contributed by atoms with Crippen molar-refractivity contribution in [3.63, 3.8) is 0 Å². The number of methoxy groups -OCH3 is 1. The third-order valence-electron chi connectivity index (χ3n) is 5.85. The van der Waals surface area contributed by atoms with E-state index in [2.05, 4.69) is 10.1 Å². The van der Waals surface area contributed by atoms with Crippen molar-refractivity contribution in [1.82, 2.24) is 14.8 Å². The van der Waals surface area contributed by atoms with Gasteiger partial charge in [-0.1, -0.05) is 29.8 Å². The highest BCUT2D eigenvalue weighted by Crippen LogP contribution is 2.29. The summed E-state index contributed by atoms with van der Waals surface area (Å²) in [6.07, 6.45) is 0.183. The lowest BCUT2D eigenvalue weighted by Gasteiger charge is -2.22. The van der Waals surface area contributed by atoms with Gasteiger partial charge in [0.15, 0.2) is 5.78 Å². The van der Waals surface area contributed by atoms with Crippen LogP contribution in [0.5, 0.6) is 0 Å². The molecule has 1 aliphatic heterocycles. The molecule has 1 saturated heterocycles. The van der Waals surface area contributed by atoms with Crippen molar-refractivity contribution in [2.45, 2.75) is 46.2 Å². The van der Waals surface area contributed by atoms with Crippen LogP contribution in [-0.4, -0.2) is 46.8 Å². The molecular formula is C23H27N3O5. The largest absolute Gasteiger partial charge is 0.469 e. The van der Waals surface area contributed by atoms with E-state index in [0.717, 1.165) is 16.2 Å². The second kappa shape index (κ2) is 8.37. The molecule has 31 heavy (non-hydrogen) atoms. The fraction of sp³-hybridized carbons (Fsp3) is 0.391. The minimum absolute atomic E-state index is 0.183. The zero-order chi connectivity index (χ0) is 22.9. The molecule has 164 valence electrons. The molecule has 1 fully saturated rings. The average molecular weight is 425 g/mol. The Balaban J connectivity index is 1.79. The molecule has 0 spiro atoms. The highest BCUT2D eigenvalue weighted by Gasteiger charge is 2.49. The Bertz CT molecular complexity index is 1050. The second-order valence-electron chi connectivity index (χ2n) is 8.00. The number of nitrogens with zero attached hydrogens (tertiary/aromatic N) is 2. The average Bonchev–Trinajstić information content (AvgIpc) is 3.14. The lowest BCUT2D eigenvalue weighted by molar-refractivity contribution is -0.140. The number of rotatable bonds is 7. The number of aromatic nitrogens is 1. The van der Waals surface area contributed by atoms with Crippen molar-refractivity contribution in [2.24, 2.45) is 0 Å². The molecule has 8 nitrogen and oxygen atoms in total. The van der Waals surface area contributed by atoms with Crippen LogP contribution in [0.3, 0.4) is 0 Å². The van der Waals surface area contributed by atoms with Gasteiger partial charge in [-0.15, -0.1) is 0 Å². The molecule has 1 aromatic heterocycles. The summed E-state index contributed by atoms with van der Waals surface area (Å²) in [6.45, 7) is 7.22. The summed E-state index contributed by atoms with van der Waals surface area (Å²) in [6, 6.07) is 8.46. The minimum atomic E-state index is -1.22. The van der Waals surface area contributed by atoms with Gasteiger partial charge in [0.2, 0.25) is 0 Å². The third-order valence-corrected chi connectivity index (χ3v) is 5.85. The maximum absolute atomic E-state index is 13.1. The van der Waals surface area contributed by atoms with E-state index in [4.69, 9.17) is 0 Å². The molecule has 0 bridgehead atoms. The van der Waals surface area contributed by atoms with Gasteiger partial charge in [0.25, 0.3) is 5.91 Å². The Labute approximate surface area is 181 Å². The first-order valence-electron chi connectivity index (χ1n) is 10.1. The first-order valence-corrected chi connectivity index (χ1v) is 10.1. The van der Waals surface area contributed by atoms with Crippen LogP contribution in [0.15, 0.2) is 30.3 Å². The number of urea groups is 1.